The predicted molar refractivity (Wildman–Crippen MR) is 49.9 cm³/mol. The summed E-state index contributed by atoms with van der Waals surface area (Å²) < 4.78 is 42.8. The fraction of sp³-hybridized carbons (Fsp3) is 0.625. The van der Waals surface area contributed by atoms with Gasteiger partial charge >= 0.3 is 12.1 Å². The van der Waals surface area contributed by atoms with Gasteiger partial charge in [0.1, 0.15) is 0 Å². The highest BCUT2D eigenvalue weighted by atomic mass is 19.4. The number of ether oxygens (including phenoxy) is 1. The molecule has 0 bridgehead atoms. The Bertz CT molecular complexity index is 432. The summed E-state index contributed by atoms with van der Waals surface area (Å²) in [6, 6.07) is 0. The van der Waals surface area contributed by atoms with Gasteiger partial charge in [0, 0.05) is 7.11 Å². The Morgan fingerprint density at radius 1 is 1.56 bits per heavy atom. The average molecular weight is 269 g/mol. The van der Waals surface area contributed by atoms with Crippen LogP contribution in [0.5, 0.6) is 0 Å². The Labute approximate surface area is 98.8 Å². The minimum absolute atomic E-state index is 0.209. The molecular formula is C8H10F3N3O4. The molecule has 18 heavy (non-hydrogen) atoms. The van der Waals surface area contributed by atoms with E-state index in [1.165, 1.54) is 7.11 Å². The lowest BCUT2D eigenvalue weighted by Gasteiger charge is -2.13. The Kier molecular flexibility index (Phi) is 4.24. The highest BCUT2D eigenvalue weighted by Crippen LogP contribution is 2.31. The lowest BCUT2D eigenvalue weighted by atomic mass is 10.3. The van der Waals surface area contributed by atoms with Crippen LogP contribution in [0.4, 0.5) is 13.2 Å². The summed E-state index contributed by atoms with van der Waals surface area (Å²) in [7, 11) is 1.26. The van der Waals surface area contributed by atoms with Crippen molar-refractivity contribution in [2.75, 3.05) is 13.7 Å². The number of aliphatic hydroxyl groups excluding tert-OH is 1. The molecule has 10 heteroatoms. The molecule has 7 nitrogen and oxygen atoms in total. The number of hydrogen-bond acceptors (Lipinski definition) is 5. The number of aromatic carboxylic acids is 1. The van der Waals surface area contributed by atoms with Crippen LogP contribution < -0.4 is 0 Å². The molecule has 2 N–H and O–H groups in total. The van der Waals surface area contributed by atoms with Crippen molar-refractivity contribution in [3.05, 3.63) is 11.4 Å². The maximum absolute atomic E-state index is 12.7. The van der Waals surface area contributed by atoms with Gasteiger partial charge in [-0.15, -0.1) is 5.10 Å². The minimum atomic E-state index is -4.93. The van der Waals surface area contributed by atoms with Crippen LogP contribution in [-0.2, 0) is 17.5 Å². The van der Waals surface area contributed by atoms with Gasteiger partial charge in [0.05, 0.1) is 19.3 Å². The topological polar surface area (TPSA) is 97.5 Å². The van der Waals surface area contributed by atoms with Crippen molar-refractivity contribution < 1.29 is 32.9 Å². The van der Waals surface area contributed by atoms with Gasteiger partial charge in [0.15, 0.2) is 5.69 Å². The van der Waals surface area contributed by atoms with Gasteiger partial charge in [0.2, 0.25) is 5.69 Å². The van der Waals surface area contributed by atoms with Gasteiger partial charge in [0.25, 0.3) is 0 Å². The van der Waals surface area contributed by atoms with Gasteiger partial charge in [-0.25, -0.2) is 9.48 Å². The van der Waals surface area contributed by atoms with E-state index in [0.29, 0.717) is 4.68 Å². The van der Waals surface area contributed by atoms with E-state index >= 15 is 0 Å². The lowest BCUT2D eigenvalue weighted by Crippen LogP contribution is -2.26. The summed E-state index contributed by atoms with van der Waals surface area (Å²) in [5.41, 5.74) is -2.71. The van der Waals surface area contributed by atoms with E-state index in [0.717, 1.165) is 0 Å². The number of nitrogens with zero attached hydrogens (tertiary/aromatic N) is 3. The van der Waals surface area contributed by atoms with Crippen LogP contribution in [0.25, 0.3) is 0 Å². The molecule has 0 aliphatic carbocycles. The van der Waals surface area contributed by atoms with Crippen LogP contribution in [0.15, 0.2) is 0 Å². The van der Waals surface area contributed by atoms with Crippen LogP contribution >= 0.6 is 0 Å². The second-order valence-corrected chi connectivity index (χ2v) is 3.38. The summed E-state index contributed by atoms with van der Waals surface area (Å²) in [5, 5.41) is 23.9. The van der Waals surface area contributed by atoms with Crippen molar-refractivity contribution >= 4 is 5.97 Å². The molecule has 0 aliphatic heterocycles. The molecule has 0 saturated carbocycles. The van der Waals surface area contributed by atoms with Crippen LogP contribution in [0.3, 0.4) is 0 Å². The molecule has 1 heterocycles. The number of carboxylic acids is 1. The molecule has 1 atom stereocenters. The van der Waals surface area contributed by atoms with E-state index in [-0.39, 0.29) is 6.61 Å². The zero-order valence-electron chi connectivity index (χ0n) is 9.18. The Balaban J connectivity index is 3.09. The van der Waals surface area contributed by atoms with Crippen molar-refractivity contribution in [3.8, 4) is 0 Å². The number of rotatable bonds is 5. The SMILES string of the molecule is COCC(O)Cn1nnc(C(=O)O)c1C(F)(F)F. The predicted octanol–water partition coefficient (Wildman–Crippen LogP) is 0.00240. The van der Waals surface area contributed by atoms with Crippen LogP contribution in [0.1, 0.15) is 16.2 Å². The first-order valence-electron chi connectivity index (χ1n) is 4.68. The second-order valence-electron chi connectivity index (χ2n) is 3.38. The highest BCUT2D eigenvalue weighted by molar-refractivity contribution is 5.86. The molecule has 1 aromatic rings. The van der Waals surface area contributed by atoms with Crippen molar-refractivity contribution in [1.82, 2.24) is 15.0 Å². The van der Waals surface area contributed by atoms with Gasteiger partial charge in [-0.05, 0) is 0 Å². The molecule has 0 spiro atoms. The van der Waals surface area contributed by atoms with E-state index in [4.69, 9.17) is 5.11 Å². The van der Waals surface area contributed by atoms with E-state index in [2.05, 4.69) is 15.0 Å². The van der Waals surface area contributed by atoms with Crippen molar-refractivity contribution in [3.63, 3.8) is 0 Å². The van der Waals surface area contributed by atoms with E-state index < -0.39 is 36.2 Å². The molecule has 0 fully saturated rings. The minimum Gasteiger partial charge on any atom is -0.476 e. The molecule has 1 rings (SSSR count). The Morgan fingerprint density at radius 3 is 2.61 bits per heavy atom. The number of hydrogen-bond donors (Lipinski definition) is 2. The summed E-state index contributed by atoms with van der Waals surface area (Å²) in [4.78, 5) is 10.6. The van der Waals surface area contributed by atoms with Gasteiger partial charge in [-0.2, -0.15) is 13.2 Å². The highest BCUT2D eigenvalue weighted by Gasteiger charge is 2.41. The van der Waals surface area contributed by atoms with Crippen molar-refractivity contribution in [1.29, 1.82) is 0 Å². The first-order valence-corrected chi connectivity index (χ1v) is 4.68. The lowest BCUT2D eigenvalue weighted by molar-refractivity contribution is -0.145. The number of carbonyl (C=O) groups is 1. The number of methoxy groups -OCH3 is 1. The quantitative estimate of drug-likeness (QED) is 0.781. The van der Waals surface area contributed by atoms with Crippen molar-refractivity contribution in [2.45, 2.75) is 18.8 Å². The Morgan fingerprint density at radius 2 is 2.17 bits per heavy atom. The molecule has 1 unspecified atom stereocenters. The molecule has 1 aromatic heterocycles. The monoisotopic (exact) mass is 269 g/mol. The van der Waals surface area contributed by atoms with E-state index in [9.17, 15) is 23.1 Å². The zero-order chi connectivity index (χ0) is 13.9. The molecule has 0 aromatic carbocycles. The second kappa shape index (κ2) is 5.31. The summed E-state index contributed by atoms with van der Waals surface area (Å²) in [6.45, 7) is -0.775. The maximum atomic E-state index is 12.7. The summed E-state index contributed by atoms with van der Waals surface area (Å²) in [6.07, 6.45) is -6.18. The van der Waals surface area contributed by atoms with Crippen LogP contribution in [0, 0.1) is 0 Å². The molecule has 102 valence electrons. The summed E-state index contributed by atoms with van der Waals surface area (Å²) >= 11 is 0. The van der Waals surface area contributed by atoms with Crippen LogP contribution in [-0.4, -0.2) is 51.0 Å². The number of carboxylic acid groups (broad SMARTS) is 1. The molecule has 0 radical (unpaired) electrons. The third-order valence-electron chi connectivity index (χ3n) is 1.95. The number of halogens is 3. The normalized spacial score (nSPS) is 13.6. The standard InChI is InChI=1S/C8H10F3N3O4/c1-18-3-4(15)2-14-6(8(9,10)11)5(7(16)17)12-13-14/h4,15H,2-3H2,1H3,(H,16,17). The summed E-state index contributed by atoms with van der Waals surface area (Å²) in [5.74, 6) is -1.84. The first kappa shape index (κ1) is 14.4. The third kappa shape index (κ3) is 3.17. The first-order chi connectivity index (χ1) is 8.27. The van der Waals surface area contributed by atoms with Crippen molar-refractivity contribution in [2.24, 2.45) is 0 Å². The number of aliphatic hydroxyl groups is 1. The van der Waals surface area contributed by atoms with Gasteiger partial charge in [-0.1, -0.05) is 5.21 Å². The molecule has 0 amide bonds. The largest absolute Gasteiger partial charge is 0.476 e. The zero-order valence-corrected chi connectivity index (χ0v) is 9.18. The smallest absolute Gasteiger partial charge is 0.435 e. The van der Waals surface area contributed by atoms with E-state index in [1.54, 1.807) is 0 Å². The average Bonchev–Trinajstić information content (AvgIpc) is 2.61. The van der Waals surface area contributed by atoms with Gasteiger partial charge in [-0.3, -0.25) is 0 Å². The molecule has 0 saturated heterocycles. The van der Waals surface area contributed by atoms with Gasteiger partial charge < -0.3 is 14.9 Å². The van der Waals surface area contributed by atoms with E-state index in [1.807, 2.05) is 0 Å². The fourth-order valence-electron chi connectivity index (χ4n) is 1.31. The molecule has 0 aliphatic rings. The Hall–Kier alpha value is -1.68. The van der Waals surface area contributed by atoms with Crippen LogP contribution in [0.2, 0.25) is 0 Å². The third-order valence-corrected chi connectivity index (χ3v) is 1.95. The fourth-order valence-corrected chi connectivity index (χ4v) is 1.31. The molecular weight excluding hydrogens is 259 g/mol. The maximum Gasteiger partial charge on any atom is 0.435 e. The number of aromatic nitrogens is 3. The number of alkyl halides is 3.